The molecular weight excluding hydrogens is 270 g/mol. The van der Waals surface area contributed by atoms with E-state index >= 15 is 0 Å². The quantitative estimate of drug-likeness (QED) is 0.785. The van der Waals surface area contributed by atoms with Crippen molar-refractivity contribution in [3.63, 3.8) is 0 Å². The molecule has 0 amide bonds. The van der Waals surface area contributed by atoms with Crippen LogP contribution in [0.5, 0.6) is 5.75 Å². The van der Waals surface area contributed by atoms with Crippen LogP contribution >= 0.6 is 0 Å². The van der Waals surface area contributed by atoms with E-state index in [1.807, 2.05) is 0 Å². The Labute approximate surface area is 132 Å². The molecule has 1 aliphatic carbocycles. The Kier molecular flexibility index (Phi) is 3.86. The van der Waals surface area contributed by atoms with Gasteiger partial charge in [0.25, 0.3) is 0 Å². The summed E-state index contributed by atoms with van der Waals surface area (Å²) >= 11 is 0. The van der Waals surface area contributed by atoms with E-state index in [0.717, 1.165) is 19.0 Å². The van der Waals surface area contributed by atoms with Crippen molar-refractivity contribution in [1.82, 2.24) is 4.90 Å². The lowest BCUT2D eigenvalue weighted by Crippen LogP contribution is -2.41. The van der Waals surface area contributed by atoms with Crippen LogP contribution in [0.4, 0.5) is 0 Å². The molecule has 0 spiro atoms. The summed E-state index contributed by atoms with van der Waals surface area (Å²) in [6.07, 6.45) is 6.81. The predicted octanol–water partition coefficient (Wildman–Crippen LogP) is 4.84. The number of hydrogen-bond acceptors (Lipinski definition) is 2. The first-order chi connectivity index (χ1) is 10.9. The van der Waals surface area contributed by atoms with Gasteiger partial charge in [-0.15, -0.1) is 0 Å². The van der Waals surface area contributed by atoms with Crippen molar-refractivity contribution in [3.05, 3.63) is 54.1 Å². The van der Waals surface area contributed by atoms with E-state index in [9.17, 15) is 0 Å². The maximum Gasteiger partial charge on any atom is 0.142 e. The van der Waals surface area contributed by atoms with Crippen LogP contribution in [0.15, 0.2) is 48.5 Å². The Morgan fingerprint density at radius 2 is 1.68 bits per heavy atom. The Balaban J connectivity index is 1.57. The van der Waals surface area contributed by atoms with E-state index in [2.05, 4.69) is 53.4 Å². The van der Waals surface area contributed by atoms with Crippen LogP contribution in [0, 0.1) is 0 Å². The zero-order valence-corrected chi connectivity index (χ0v) is 13.0. The molecule has 0 aromatic heterocycles. The summed E-state index contributed by atoms with van der Waals surface area (Å²) in [6, 6.07) is 17.9. The molecule has 2 nitrogen and oxygen atoms in total. The SMILES string of the molecule is c1ccc(-c2ccc3c(c2)CN(C2CCCCC2)CO3)cc1. The number of fused-ring (bicyclic) bond motifs is 1. The van der Waals surface area contributed by atoms with Crippen molar-refractivity contribution in [3.8, 4) is 16.9 Å². The number of benzene rings is 2. The van der Waals surface area contributed by atoms with E-state index in [-0.39, 0.29) is 0 Å². The highest BCUT2D eigenvalue weighted by molar-refractivity contribution is 5.65. The molecule has 0 N–H and O–H groups in total. The first kappa shape index (κ1) is 13.8. The average Bonchev–Trinajstić information content (AvgIpc) is 2.62. The second-order valence-corrected chi connectivity index (χ2v) is 6.50. The highest BCUT2D eigenvalue weighted by atomic mass is 16.5. The summed E-state index contributed by atoms with van der Waals surface area (Å²) in [7, 11) is 0. The zero-order valence-electron chi connectivity index (χ0n) is 13.0. The molecule has 2 aliphatic rings. The van der Waals surface area contributed by atoms with Crippen LogP contribution in [-0.2, 0) is 6.54 Å². The van der Waals surface area contributed by atoms with E-state index in [0.29, 0.717) is 6.04 Å². The Bertz CT molecular complexity index is 631. The van der Waals surface area contributed by atoms with Crippen LogP contribution < -0.4 is 4.74 Å². The monoisotopic (exact) mass is 293 g/mol. The van der Waals surface area contributed by atoms with Gasteiger partial charge in [-0.05, 0) is 36.1 Å². The van der Waals surface area contributed by atoms with Gasteiger partial charge in [-0.1, -0.05) is 55.7 Å². The first-order valence-electron chi connectivity index (χ1n) is 8.45. The van der Waals surface area contributed by atoms with Gasteiger partial charge >= 0.3 is 0 Å². The summed E-state index contributed by atoms with van der Waals surface area (Å²) in [6.45, 7) is 1.78. The number of nitrogens with zero attached hydrogens (tertiary/aromatic N) is 1. The molecule has 2 heteroatoms. The lowest BCUT2D eigenvalue weighted by Gasteiger charge is -2.37. The van der Waals surface area contributed by atoms with Gasteiger partial charge in [0.15, 0.2) is 0 Å². The van der Waals surface area contributed by atoms with E-state index in [1.54, 1.807) is 0 Å². The van der Waals surface area contributed by atoms with E-state index in [4.69, 9.17) is 4.74 Å². The number of hydrogen-bond donors (Lipinski definition) is 0. The molecule has 1 fully saturated rings. The third-order valence-corrected chi connectivity index (χ3v) is 5.02. The largest absolute Gasteiger partial charge is 0.478 e. The first-order valence-corrected chi connectivity index (χ1v) is 8.45. The highest BCUT2D eigenvalue weighted by Gasteiger charge is 2.25. The second-order valence-electron chi connectivity index (χ2n) is 6.50. The van der Waals surface area contributed by atoms with Crippen molar-refractivity contribution in [1.29, 1.82) is 0 Å². The molecule has 22 heavy (non-hydrogen) atoms. The molecule has 1 saturated carbocycles. The molecule has 0 atom stereocenters. The molecule has 0 radical (unpaired) electrons. The summed E-state index contributed by atoms with van der Waals surface area (Å²) in [5.74, 6) is 1.06. The van der Waals surface area contributed by atoms with Gasteiger partial charge < -0.3 is 4.74 Å². The second kappa shape index (κ2) is 6.13. The normalized spacial score (nSPS) is 19.5. The third kappa shape index (κ3) is 2.76. The number of rotatable bonds is 2. The van der Waals surface area contributed by atoms with Crippen LogP contribution in [-0.4, -0.2) is 17.7 Å². The molecule has 0 saturated heterocycles. The van der Waals surface area contributed by atoms with Gasteiger partial charge in [0.2, 0.25) is 0 Å². The van der Waals surface area contributed by atoms with Crippen LogP contribution in [0.25, 0.3) is 11.1 Å². The minimum atomic E-state index is 0.710. The topological polar surface area (TPSA) is 12.5 Å². The van der Waals surface area contributed by atoms with Gasteiger partial charge in [0, 0.05) is 18.2 Å². The molecule has 0 unspecified atom stereocenters. The lowest BCUT2D eigenvalue weighted by molar-refractivity contribution is 0.0404. The fourth-order valence-corrected chi connectivity index (χ4v) is 3.75. The van der Waals surface area contributed by atoms with Crippen molar-refractivity contribution < 1.29 is 4.74 Å². The minimum Gasteiger partial charge on any atom is -0.478 e. The summed E-state index contributed by atoms with van der Waals surface area (Å²) in [5.41, 5.74) is 3.90. The van der Waals surface area contributed by atoms with Crippen molar-refractivity contribution in [2.75, 3.05) is 6.73 Å². The zero-order chi connectivity index (χ0) is 14.8. The van der Waals surface area contributed by atoms with Gasteiger partial charge in [-0.25, -0.2) is 0 Å². The molecular formula is C20H23NO. The molecule has 114 valence electrons. The maximum atomic E-state index is 6.01. The predicted molar refractivity (Wildman–Crippen MR) is 89.8 cm³/mol. The fourth-order valence-electron chi connectivity index (χ4n) is 3.75. The van der Waals surface area contributed by atoms with Gasteiger partial charge in [-0.2, -0.15) is 0 Å². The molecule has 2 aromatic rings. The minimum absolute atomic E-state index is 0.710. The molecule has 0 bridgehead atoms. The van der Waals surface area contributed by atoms with Crippen molar-refractivity contribution >= 4 is 0 Å². The molecule has 2 aromatic carbocycles. The molecule has 4 rings (SSSR count). The van der Waals surface area contributed by atoms with Crippen LogP contribution in [0.2, 0.25) is 0 Å². The van der Waals surface area contributed by atoms with Crippen molar-refractivity contribution in [2.45, 2.75) is 44.7 Å². The smallest absolute Gasteiger partial charge is 0.142 e. The Hall–Kier alpha value is -1.80. The Morgan fingerprint density at radius 1 is 0.864 bits per heavy atom. The van der Waals surface area contributed by atoms with Gasteiger partial charge in [0.1, 0.15) is 12.5 Å². The third-order valence-electron chi connectivity index (χ3n) is 5.02. The standard InChI is InChI=1S/C20H23NO/c1-3-7-16(8-4-1)17-11-12-20-18(13-17)14-21(15-22-20)19-9-5-2-6-10-19/h1,3-4,7-8,11-13,19H,2,5-6,9-10,14-15H2. The van der Waals surface area contributed by atoms with Crippen LogP contribution in [0.1, 0.15) is 37.7 Å². The Morgan fingerprint density at radius 3 is 2.50 bits per heavy atom. The van der Waals surface area contributed by atoms with Gasteiger partial charge in [0.05, 0.1) is 0 Å². The molecule has 1 aliphatic heterocycles. The lowest BCUT2D eigenvalue weighted by atomic mass is 9.93. The summed E-state index contributed by atoms with van der Waals surface area (Å²) in [5, 5.41) is 0. The maximum absolute atomic E-state index is 6.01. The fraction of sp³-hybridized carbons (Fsp3) is 0.400. The van der Waals surface area contributed by atoms with E-state index < -0.39 is 0 Å². The van der Waals surface area contributed by atoms with E-state index in [1.165, 1.54) is 48.8 Å². The van der Waals surface area contributed by atoms with Crippen LogP contribution in [0.3, 0.4) is 0 Å². The summed E-state index contributed by atoms with van der Waals surface area (Å²) < 4.78 is 6.01. The highest BCUT2D eigenvalue weighted by Crippen LogP contribution is 2.33. The average molecular weight is 293 g/mol. The van der Waals surface area contributed by atoms with Gasteiger partial charge in [-0.3, -0.25) is 4.90 Å². The summed E-state index contributed by atoms with van der Waals surface area (Å²) in [4.78, 5) is 2.52. The number of ether oxygens (including phenoxy) is 1. The molecule has 1 heterocycles. The van der Waals surface area contributed by atoms with Crippen molar-refractivity contribution in [2.24, 2.45) is 0 Å².